The molecule has 10 nitrogen and oxygen atoms in total. The third-order valence-electron chi connectivity index (χ3n) is 5.60. The van der Waals surface area contributed by atoms with E-state index in [1.165, 1.54) is 60.7 Å². The van der Waals surface area contributed by atoms with E-state index in [0.29, 0.717) is 6.42 Å². The monoisotopic (exact) mass is 539 g/mol. The molecule has 0 saturated carbocycles. The number of rotatable bonds is 8. The molecular formula is C25H19N2O8S2+. The molecule has 0 fully saturated rings. The van der Waals surface area contributed by atoms with Gasteiger partial charge in [-0.15, -0.1) is 0 Å². The van der Waals surface area contributed by atoms with Crippen LogP contribution in [0.1, 0.15) is 11.1 Å². The van der Waals surface area contributed by atoms with Gasteiger partial charge in [0.1, 0.15) is 0 Å². The lowest BCUT2D eigenvalue weighted by atomic mass is 10.1. The molecule has 0 spiro atoms. The maximum atomic E-state index is 12.8. The number of sulfone groups is 2. The van der Waals surface area contributed by atoms with Gasteiger partial charge in [0.25, 0.3) is 10.6 Å². The van der Waals surface area contributed by atoms with Gasteiger partial charge < -0.3 is 0 Å². The molecule has 0 aromatic heterocycles. The van der Waals surface area contributed by atoms with Crippen LogP contribution in [0.2, 0.25) is 0 Å². The first-order valence-corrected chi connectivity index (χ1v) is 13.6. The summed E-state index contributed by atoms with van der Waals surface area (Å²) in [5.74, 6) is 0. The molecule has 0 unspecified atom stereocenters. The van der Waals surface area contributed by atoms with Gasteiger partial charge in [-0.1, -0.05) is 24.3 Å². The van der Waals surface area contributed by atoms with Crippen molar-refractivity contribution in [3.8, 4) is 0 Å². The molecule has 0 amide bonds. The second-order valence-corrected chi connectivity index (χ2v) is 11.9. The van der Waals surface area contributed by atoms with Crippen molar-refractivity contribution in [3.05, 3.63) is 123 Å². The first-order valence-electron chi connectivity index (χ1n) is 10.7. The number of benzene rings is 4. The van der Waals surface area contributed by atoms with E-state index in [9.17, 15) is 31.9 Å². The minimum atomic E-state index is -3.85. The maximum absolute atomic E-state index is 12.8. The maximum Gasteiger partial charge on any atom is 0.316 e. The average molecular weight is 540 g/mol. The number of hydrogen-bond donors (Lipinski definition) is 1. The largest absolute Gasteiger partial charge is 0.316 e. The van der Waals surface area contributed by atoms with Crippen molar-refractivity contribution >= 4 is 31.0 Å². The minimum absolute atomic E-state index is 0.0318. The highest BCUT2D eigenvalue weighted by Gasteiger charge is 2.21. The van der Waals surface area contributed by atoms with E-state index >= 15 is 0 Å². The van der Waals surface area contributed by atoms with Crippen molar-refractivity contribution in [1.82, 2.24) is 0 Å². The summed E-state index contributed by atoms with van der Waals surface area (Å²) in [7, 11) is -7.68. The quantitative estimate of drug-likeness (QED) is 0.251. The molecule has 0 saturated heterocycles. The predicted molar refractivity (Wildman–Crippen MR) is 131 cm³/mol. The standard InChI is InChI=1S/C25H19N2O8S2/c28-26(29)20-5-13-24(14-6-20)36(32,33)22-9-1-18(2-10-22)17-19-3-11-23(12-4-19)37(34,35)25-15-7-21(8-16-25)27(30)31/h1-16H,17H2,(H,28,29)/q+1. The molecule has 0 heterocycles. The average Bonchev–Trinajstić information content (AvgIpc) is 2.89. The summed E-state index contributed by atoms with van der Waals surface area (Å²) in [6.45, 7) is 0. The van der Waals surface area contributed by atoms with Crippen molar-refractivity contribution in [2.24, 2.45) is 0 Å². The van der Waals surface area contributed by atoms with E-state index in [0.717, 1.165) is 23.3 Å². The molecule has 0 aliphatic rings. The molecule has 0 aliphatic carbocycles. The van der Waals surface area contributed by atoms with Crippen LogP contribution in [0.25, 0.3) is 0 Å². The van der Waals surface area contributed by atoms with Gasteiger partial charge in [0, 0.05) is 24.3 Å². The van der Waals surface area contributed by atoms with Crippen LogP contribution in [0.5, 0.6) is 0 Å². The van der Waals surface area contributed by atoms with E-state index < -0.39 is 24.6 Å². The van der Waals surface area contributed by atoms with Crippen molar-refractivity contribution < 1.29 is 31.9 Å². The van der Waals surface area contributed by atoms with Crippen LogP contribution in [0.4, 0.5) is 11.4 Å². The first kappa shape index (κ1) is 25.7. The lowest BCUT2D eigenvalue weighted by molar-refractivity contribution is -0.729. The van der Waals surface area contributed by atoms with Gasteiger partial charge in [-0.2, -0.15) is 0 Å². The van der Waals surface area contributed by atoms with E-state index in [2.05, 4.69) is 0 Å². The minimum Gasteiger partial charge on any atom is -0.258 e. The molecule has 1 N–H and O–H groups in total. The molecule has 37 heavy (non-hydrogen) atoms. The Labute approximate surface area is 212 Å². The van der Waals surface area contributed by atoms with E-state index in [4.69, 9.17) is 5.21 Å². The van der Waals surface area contributed by atoms with E-state index in [-0.39, 0.29) is 35.9 Å². The highest BCUT2D eigenvalue weighted by Crippen LogP contribution is 2.26. The fourth-order valence-electron chi connectivity index (χ4n) is 3.58. The van der Waals surface area contributed by atoms with Crippen molar-refractivity contribution in [2.75, 3.05) is 0 Å². The fraction of sp³-hybridized carbons (Fsp3) is 0.0400. The molecule has 0 bridgehead atoms. The van der Waals surface area contributed by atoms with Crippen LogP contribution in [0.15, 0.2) is 117 Å². The van der Waals surface area contributed by atoms with Crippen LogP contribution in [-0.2, 0) is 26.1 Å². The van der Waals surface area contributed by atoms with Gasteiger partial charge in [0.2, 0.25) is 19.7 Å². The third kappa shape index (κ3) is 5.39. The Kier molecular flexibility index (Phi) is 6.88. The van der Waals surface area contributed by atoms with E-state index in [1.54, 1.807) is 24.3 Å². The molecule has 4 rings (SSSR count). The first-order chi connectivity index (χ1) is 17.5. The van der Waals surface area contributed by atoms with Gasteiger partial charge in [-0.05, 0) is 66.1 Å². The Morgan fingerprint density at radius 3 is 1.14 bits per heavy atom. The summed E-state index contributed by atoms with van der Waals surface area (Å²) in [5.41, 5.74) is 1.28. The van der Waals surface area contributed by atoms with Crippen molar-refractivity contribution in [2.45, 2.75) is 26.0 Å². The molecule has 0 atom stereocenters. The van der Waals surface area contributed by atoms with Gasteiger partial charge in [-0.3, -0.25) is 10.1 Å². The second-order valence-electron chi connectivity index (χ2n) is 7.99. The number of hydrogen-bond acceptors (Lipinski definition) is 7. The number of nitro benzene ring substituents is 1. The zero-order chi connectivity index (χ0) is 26.8. The van der Waals surface area contributed by atoms with Crippen LogP contribution in [0, 0.1) is 15.0 Å². The fourth-order valence-corrected chi connectivity index (χ4v) is 6.10. The molecule has 0 aliphatic heterocycles. The molecule has 4 aromatic carbocycles. The Bertz CT molecular complexity index is 1550. The normalized spacial score (nSPS) is 11.7. The van der Waals surface area contributed by atoms with E-state index in [1.807, 2.05) is 0 Å². The zero-order valence-corrected chi connectivity index (χ0v) is 20.6. The summed E-state index contributed by atoms with van der Waals surface area (Å²) < 4.78 is 51.3. The smallest absolute Gasteiger partial charge is 0.258 e. The Morgan fingerprint density at radius 2 is 0.838 bits per heavy atom. The highest BCUT2D eigenvalue weighted by molar-refractivity contribution is 7.91. The molecule has 4 aromatic rings. The van der Waals surface area contributed by atoms with Gasteiger partial charge in [-0.25, -0.2) is 22.0 Å². The highest BCUT2D eigenvalue weighted by atomic mass is 32.2. The second kappa shape index (κ2) is 9.91. The van der Waals surface area contributed by atoms with Crippen LogP contribution >= 0.6 is 0 Å². The number of nitro groups is 1. The lowest BCUT2D eigenvalue weighted by Gasteiger charge is -2.08. The summed E-state index contributed by atoms with van der Waals surface area (Å²) in [4.78, 5) is 20.7. The lowest BCUT2D eigenvalue weighted by Crippen LogP contribution is -2.03. The summed E-state index contributed by atoms with van der Waals surface area (Å²) in [6, 6.07) is 21.9. The number of nitrogens with zero attached hydrogens (tertiary/aromatic N) is 2. The predicted octanol–water partition coefficient (Wildman–Crippen LogP) is 4.65. The molecular weight excluding hydrogens is 520 g/mol. The molecule has 0 radical (unpaired) electrons. The SMILES string of the molecule is O=[N+]([O-])c1ccc(S(=O)(=O)c2ccc(Cc3ccc(S(=O)(=O)c4ccc([N+](=O)O)cc4)cc3)cc2)cc1. The van der Waals surface area contributed by atoms with Crippen LogP contribution in [0.3, 0.4) is 0 Å². The van der Waals surface area contributed by atoms with Gasteiger partial charge >= 0.3 is 5.69 Å². The summed E-state index contributed by atoms with van der Waals surface area (Å²) in [6.07, 6.45) is 0.419. The number of non-ortho nitro benzene ring substituents is 1. The third-order valence-corrected chi connectivity index (χ3v) is 9.17. The Hall–Kier alpha value is -4.42. The summed E-state index contributed by atoms with van der Waals surface area (Å²) in [5, 5.41) is 19.7. The Morgan fingerprint density at radius 1 is 0.541 bits per heavy atom. The van der Waals surface area contributed by atoms with Crippen LogP contribution in [-0.4, -0.2) is 31.9 Å². The molecule has 12 heteroatoms. The van der Waals surface area contributed by atoms with Gasteiger partial charge in [0.15, 0.2) is 0 Å². The van der Waals surface area contributed by atoms with Crippen LogP contribution < -0.4 is 0 Å². The zero-order valence-electron chi connectivity index (χ0n) is 19.0. The summed E-state index contributed by atoms with van der Waals surface area (Å²) >= 11 is 0. The Balaban J connectivity index is 1.49. The van der Waals surface area contributed by atoms with Crippen molar-refractivity contribution in [3.63, 3.8) is 0 Å². The van der Waals surface area contributed by atoms with Gasteiger partial charge in [0.05, 0.1) is 29.4 Å². The topological polar surface area (TPSA) is 152 Å². The molecule has 188 valence electrons. The van der Waals surface area contributed by atoms with Crippen molar-refractivity contribution in [1.29, 1.82) is 0 Å².